The second-order valence-corrected chi connectivity index (χ2v) is 6.89. The number of aromatic nitrogens is 2. The van der Waals surface area contributed by atoms with Crippen LogP contribution in [-0.4, -0.2) is 21.8 Å². The van der Waals surface area contributed by atoms with Crippen molar-refractivity contribution < 1.29 is 9.59 Å². The summed E-state index contributed by atoms with van der Waals surface area (Å²) in [4.78, 5) is 34.5. The van der Waals surface area contributed by atoms with Gasteiger partial charge < -0.3 is 0 Å². The summed E-state index contributed by atoms with van der Waals surface area (Å²) in [5, 5.41) is 1.19. The SMILES string of the molecule is Cc1nc(C)c2c(C)c(C(=O)NNC(=O)c3ccccc3Cl)sc2n1. The molecule has 0 spiro atoms. The Morgan fingerprint density at radius 3 is 2.44 bits per heavy atom. The van der Waals surface area contributed by atoms with Crippen LogP contribution in [0.3, 0.4) is 0 Å². The maximum Gasteiger partial charge on any atom is 0.280 e. The van der Waals surface area contributed by atoms with Crippen molar-refractivity contribution in [2.45, 2.75) is 20.8 Å². The molecule has 0 saturated carbocycles. The van der Waals surface area contributed by atoms with E-state index in [1.54, 1.807) is 24.3 Å². The molecule has 0 fully saturated rings. The highest BCUT2D eigenvalue weighted by Gasteiger charge is 2.19. The number of hydrogen-bond donors (Lipinski definition) is 2. The van der Waals surface area contributed by atoms with Crippen LogP contribution in [0.25, 0.3) is 10.2 Å². The van der Waals surface area contributed by atoms with Gasteiger partial charge in [-0.05, 0) is 38.5 Å². The number of halogens is 1. The Morgan fingerprint density at radius 1 is 1.04 bits per heavy atom. The fraction of sp³-hybridized carbons (Fsp3) is 0.176. The van der Waals surface area contributed by atoms with Gasteiger partial charge in [-0.3, -0.25) is 20.4 Å². The molecule has 0 aliphatic carbocycles. The normalized spacial score (nSPS) is 10.7. The third kappa shape index (κ3) is 3.33. The molecule has 2 N–H and O–H groups in total. The molecule has 2 heterocycles. The van der Waals surface area contributed by atoms with E-state index >= 15 is 0 Å². The van der Waals surface area contributed by atoms with Gasteiger partial charge in [0.25, 0.3) is 11.8 Å². The molecule has 0 radical (unpaired) electrons. The molecule has 2 aromatic heterocycles. The van der Waals surface area contributed by atoms with Gasteiger partial charge in [0.1, 0.15) is 10.7 Å². The van der Waals surface area contributed by atoms with E-state index < -0.39 is 11.8 Å². The van der Waals surface area contributed by atoms with Crippen molar-refractivity contribution in [2.75, 3.05) is 0 Å². The van der Waals surface area contributed by atoms with Crippen molar-refractivity contribution in [1.29, 1.82) is 0 Å². The van der Waals surface area contributed by atoms with E-state index in [-0.39, 0.29) is 5.56 Å². The number of amides is 2. The summed E-state index contributed by atoms with van der Waals surface area (Å²) in [7, 11) is 0. The number of hydrogen-bond acceptors (Lipinski definition) is 5. The zero-order chi connectivity index (χ0) is 18.1. The van der Waals surface area contributed by atoms with E-state index in [2.05, 4.69) is 20.8 Å². The van der Waals surface area contributed by atoms with Crippen LogP contribution in [0.5, 0.6) is 0 Å². The van der Waals surface area contributed by atoms with E-state index in [9.17, 15) is 9.59 Å². The number of hydrazine groups is 1. The van der Waals surface area contributed by atoms with Crippen molar-refractivity contribution in [3.8, 4) is 0 Å². The predicted molar refractivity (Wildman–Crippen MR) is 98.0 cm³/mol. The summed E-state index contributed by atoms with van der Waals surface area (Å²) in [5.41, 5.74) is 6.72. The number of nitrogens with one attached hydrogen (secondary N) is 2. The Hall–Kier alpha value is -2.51. The zero-order valence-electron chi connectivity index (χ0n) is 13.8. The molecule has 1 aromatic carbocycles. The first kappa shape index (κ1) is 17.3. The van der Waals surface area contributed by atoms with Crippen LogP contribution in [0.2, 0.25) is 5.02 Å². The Bertz CT molecular complexity index is 1000. The number of aryl methyl sites for hydroxylation is 3. The molecule has 6 nitrogen and oxygen atoms in total. The van der Waals surface area contributed by atoms with Crippen LogP contribution in [0.15, 0.2) is 24.3 Å². The van der Waals surface area contributed by atoms with E-state index in [1.165, 1.54) is 11.3 Å². The summed E-state index contributed by atoms with van der Waals surface area (Å²) in [6.07, 6.45) is 0. The summed E-state index contributed by atoms with van der Waals surface area (Å²) in [5.74, 6) is -0.229. The summed E-state index contributed by atoms with van der Waals surface area (Å²) < 4.78 is 0. The minimum atomic E-state index is -0.482. The molecular weight excluding hydrogens is 360 g/mol. The first-order chi connectivity index (χ1) is 11.9. The van der Waals surface area contributed by atoms with Crippen molar-refractivity contribution in [3.63, 3.8) is 0 Å². The summed E-state index contributed by atoms with van der Waals surface area (Å²) in [6, 6.07) is 6.61. The van der Waals surface area contributed by atoms with Gasteiger partial charge in [0.05, 0.1) is 15.5 Å². The van der Waals surface area contributed by atoms with Crippen LogP contribution in [0.1, 0.15) is 37.1 Å². The Morgan fingerprint density at radius 2 is 1.72 bits per heavy atom. The van der Waals surface area contributed by atoms with Gasteiger partial charge >= 0.3 is 0 Å². The van der Waals surface area contributed by atoms with Crippen LogP contribution in [0, 0.1) is 20.8 Å². The molecule has 0 atom stereocenters. The lowest BCUT2D eigenvalue weighted by molar-refractivity contribution is 0.0848. The van der Waals surface area contributed by atoms with E-state index in [1.807, 2.05) is 20.8 Å². The molecule has 2 amide bonds. The summed E-state index contributed by atoms with van der Waals surface area (Å²) in [6.45, 7) is 5.54. The van der Waals surface area contributed by atoms with Gasteiger partial charge in [-0.25, -0.2) is 9.97 Å². The largest absolute Gasteiger partial charge is 0.280 e. The first-order valence-corrected chi connectivity index (χ1v) is 8.67. The first-order valence-electron chi connectivity index (χ1n) is 7.48. The number of nitrogens with zero attached hydrogens (tertiary/aromatic N) is 2. The fourth-order valence-corrected chi connectivity index (χ4v) is 3.97. The second-order valence-electron chi connectivity index (χ2n) is 5.48. The lowest BCUT2D eigenvalue weighted by Gasteiger charge is -2.08. The van der Waals surface area contributed by atoms with Gasteiger partial charge in [-0.1, -0.05) is 23.7 Å². The molecule has 0 aliphatic rings. The van der Waals surface area contributed by atoms with Gasteiger partial charge in [0, 0.05) is 11.1 Å². The monoisotopic (exact) mass is 374 g/mol. The number of carbonyl (C=O) groups is 2. The molecule has 0 bridgehead atoms. The van der Waals surface area contributed by atoms with Gasteiger partial charge in [-0.15, -0.1) is 11.3 Å². The topological polar surface area (TPSA) is 84.0 Å². The molecule has 128 valence electrons. The zero-order valence-corrected chi connectivity index (χ0v) is 15.4. The van der Waals surface area contributed by atoms with Gasteiger partial charge in [-0.2, -0.15) is 0 Å². The number of rotatable bonds is 2. The number of benzene rings is 1. The van der Waals surface area contributed by atoms with Gasteiger partial charge in [0.2, 0.25) is 0 Å². The van der Waals surface area contributed by atoms with E-state index in [0.717, 1.165) is 21.5 Å². The van der Waals surface area contributed by atoms with Gasteiger partial charge in [0.15, 0.2) is 0 Å². The molecule has 0 saturated heterocycles. The lowest BCUT2D eigenvalue weighted by atomic mass is 10.1. The lowest BCUT2D eigenvalue weighted by Crippen LogP contribution is -2.41. The number of carbonyl (C=O) groups excluding carboxylic acids is 2. The minimum absolute atomic E-state index is 0.287. The Labute approximate surface area is 153 Å². The van der Waals surface area contributed by atoms with Crippen molar-refractivity contribution >= 4 is 45.0 Å². The van der Waals surface area contributed by atoms with Crippen molar-refractivity contribution in [1.82, 2.24) is 20.8 Å². The number of fused-ring (bicyclic) bond motifs is 1. The fourth-order valence-electron chi connectivity index (χ4n) is 2.57. The average molecular weight is 375 g/mol. The minimum Gasteiger partial charge on any atom is -0.267 e. The third-order valence-electron chi connectivity index (χ3n) is 3.70. The maximum atomic E-state index is 12.5. The molecule has 8 heteroatoms. The molecular formula is C17H15ClN4O2S. The molecule has 0 aliphatic heterocycles. The maximum absolute atomic E-state index is 12.5. The third-order valence-corrected chi connectivity index (χ3v) is 5.21. The average Bonchev–Trinajstić information content (AvgIpc) is 2.89. The quantitative estimate of drug-likeness (QED) is 0.674. The standard InChI is InChI=1S/C17H15ClN4O2S/c1-8-13-9(2)19-10(3)20-17(13)25-14(8)16(24)22-21-15(23)11-6-4-5-7-12(11)18/h4-7H,1-3H3,(H,21,23)(H,22,24). The molecule has 0 unspecified atom stereocenters. The summed E-state index contributed by atoms with van der Waals surface area (Å²) >= 11 is 7.25. The van der Waals surface area contributed by atoms with Crippen LogP contribution in [0.4, 0.5) is 0 Å². The second kappa shape index (κ2) is 6.78. The van der Waals surface area contributed by atoms with Crippen LogP contribution >= 0.6 is 22.9 Å². The Kier molecular flexibility index (Phi) is 4.69. The van der Waals surface area contributed by atoms with Crippen molar-refractivity contribution in [3.05, 3.63) is 56.8 Å². The van der Waals surface area contributed by atoms with E-state index in [0.29, 0.717) is 15.7 Å². The highest BCUT2D eigenvalue weighted by molar-refractivity contribution is 7.20. The highest BCUT2D eigenvalue weighted by Crippen LogP contribution is 2.31. The Balaban J connectivity index is 1.81. The molecule has 3 rings (SSSR count). The van der Waals surface area contributed by atoms with Crippen LogP contribution < -0.4 is 10.9 Å². The highest BCUT2D eigenvalue weighted by atomic mass is 35.5. The molecule has 25 heavy (non-hydrogen) atoms. The van der Waals surface area contributed by atoms with Crippen LogP contribution in [-0.2, 0) is 0 Å². The van der Waals surface area contributed by atoms with Crippen molar-refractivity contribution in [2.24, 2.45) is 0 Å². The smallest absolute Gasteiger partial charge is 0.267 e. The predicted octanol–water partition coefficient (Wildman–Crippen LogP) is 3.34. The van der Waals surface area contributed by atoms with E-state index in [4.69, 9.17) is 11.6 Å². The molecule has 3 aromatic rings. The number of thiophene rings is 1.